The summed E-state index contributed by atoms with van der Waals surface area (Å²) in [5.74, 6) is 0.837. The van der Waals surface area contributed by atoms with Crippen molar-refractivity contribution in [1.82, 2.24) is 0 Å². The van der Waals surface area contributed by atoms with Crippen LogP contribution in [0.25, 0.3) is 0 Å². The number of halogens is 1. The molecule has 2 rings (SSSR count). The van der Waals surface area contributed by atoms with Crippen molar-refractivity contribution in [2.24, 2.45) is 0 Å². The molecule has 0 aliphatic carbocycles. The molecule has 0 amide bonds. The van der Waals surface area contributed by atoms with E-state index in [0.717, 1.165) is 15.9 Å². The van der Waals surface area contributed by atoms with E-state index in [1.54, 1.807) is 12.3 Å². The van der Waals surface area contributed by atoms with Gasteiger partial charge in [0.2, 0.25) is 0 Å². The molecule has 0 atom stereocenters. The number of nitrogens with zero attached hydrogens (tertiary/aromatic N) is 1. The molecule has 3 nitrogen and oxygen atoms in total. The Hall–Kier alpha value is -1.73. The molecule has 0 saturated heterocycles. The lowest BCUT2D eigenvalue weighted by atomic mass is 10.2. The zero-order valence-electron chi connectivity index (χ0n) is 8.40. The third kappa shape index (κ3) is 2.44. The minimum Gasteiger partial charge on any atom is -0.467 e. The predicted octanol–water partition coefficient (Wildman–Crippen LogP) is 3.53. The van der Waals surface area contributed by atoms with Crippen molar-refractivity contribution in [3.8, 4) is 6.07 Å². The van der Waals surface area contributed by atoms with Gasteiger partial charge in [0.15, 0.2) is 0 Å². The van der Waals surface area contributed by atoms with E-state index in [1.807, 2.05) is 24.3 Å². The summed E-state index contributed by atoms with van der Waals surface area (Å²) < 4.78 is 6.14. The summed E-state index contributed by atoms with van der Waals surface area (Å²) in [7, 11) is 0. The van der Waals surface area contributed by atoms with E-state index in [-0.39, 0.29) is 0 Å². The number of benzene rings is 1. The normalized spacial score (nSPS) is 9.75. The zero-order valence-corrected chi connectivity index (χ0v) is 9.99. The summed E-state index contributed by atoms with van der Waals surface area (Å²) >= 11 is 3.37. The van der Waals surface area contributed by atoms with Crippen molar-refractivity contribution in [2.75, 3.05) is 5.32 Å². The van der Waals surface area contributed by atoms with E-state index < -0.39 is 0 Å². The van der Waals surface area contributed by atoms with E-state index >= 15 is 0 Å². The molecule has 0 spiro atoms. The number of nitrogens with one attached hydrogen (secondary N) is 1. The zero-order chi connectivity index (χ0) is 11.4. The third-order valence-electron chi connectivity index (χ3n) is 2.14. The summed E-state index contributed by atoms with van der Waals surface area (Å²) in [5.41, 5.74) is 1.42. The average molecular weight is 277 g/mol. The lowest BCUT2D eigenvalue weighted by Crippen LogP contribution is -2.00. The highest BCUT2D eigenvalue weighted by molar-refractivity contribution is 9.10. The first-order valence-corrected chi connectivity index (χ1v) is 5.55. The van der Waals surface area contributed by atoms with E-state index in [4.69, 9.17) is 9.68 Å². The average Bonchev–Trinajstić information content (AvgIpc) is 2.79. The second-order valence-corrected chi connectivity index (χ2v) is 4.15. The molecule has 16 heavy (non-hydrogen) atoms. The van der Waals surface area contributed by atoms with E-state index in [2.05, 4.69) is 27.3 Å². The molecule has 0 bridgehead atoms. The van der Waals surface area contributed by atoms with Gasteiger partial charge in [0, 0.05) is 4.47 Å². The van der Waals surface area contributed by atoms with Crippen molar-refractivity contribution in [2.45, 2.75) is 6.54 Å². The highest BCUT2D eigenvalue weighted by atomic mass is 79.9. The number of nitriles is 1. The van der Waals surface area contributed by atoms with Crippen LogP contribution in [0.4, 0.5) is 5.69 Å². The van der Waals surface area contributed by atoms with Crippen LogP contribution in [-0.4, -0.2) is 0 Å². The molecule has 4 heteroatoms. The number of hydrogen-bond donors (Lipinski definition) is 1. The van der Waals surface area contributed by atoms with E-state index in [9.17, 15) is 0 Å². The van der Waals surface area contributed by atoms with Crippen LogP contribution in [0.3, 0.4) is 0 Å². The van der Waals surface area contributed by atoms with Crippen LogP contribution in [0.1, 0.15) is 11.3 Å². The second-order valence-electron chi connectivity index (χ2n) is 3.23. The summed E-state index contributed by atoms with van der Waals surface area (Å²) in [5, 5.41) is 12.1. The molecule has 80 valence electrons. The van der Waals surface area contributed by atoms with Gasteiger partial charge in [-0.3, -0.25) is 0 Å². The molecule has 0 fully saturated rings. The number of furan rings is 1. The maximum absolute atomic E-state index is 8.94. The molecule has 1 N–H and O–H groups in total. The third-order valence-corrected chi connectivity index (χ3v) is 2.63. The van der Waals surface area contributed by atoms with E-state index in [0.29, 0.717) is 12.1 Å². The van der Waals surface area contributed by atoms with Gasteiger partial charge in [0.05, 0.1) is 24.1 Å². The van der Waals surface area contributed by atoms with Crippen molar-refractivity contribution in [3.05, 3.63) is 52.4 Å². The van der Waals surface area contributed by atoms with Crippen molar-refractivity contribution < 1.29 is 4.42 Å². The molecule has 2 aromatic rings. The maximum Gasteiger partial charge on any atom is 0.122 e. The Kier molecular flexibility index (Phi) is 3.28. The first kappa shape index (κ1) is 10.8. The molecule has 0 aliphatic heterocycles. The predicted molar refractivity (Wildman–Crippen MR) is 64.9 cm³/mol. The number of anilines is 1. The Morgan fingerprint density at radius 2 is 2.25 bits per heavy atom. The summed E-state index contributed by atoms with van der Waals surface area (Å²) in [6.07, 6.45) is 1.63. The van der Waals surface area contributed by atoms with Gasteiger partial charge >= 0.3 is 0 Å². The molecular weight excluding hydrogens is 268 g/mol. The van der Waals surface area contributed by atoms with Gasteiger partial charge < -0.3 is 9.73 Å². The summed E-state index contributed by atoms with van der Waals surface area (Å²) in [6, 6.07) is 11.4. The van der Waals surface area contributed by atoms with Gasteiger partial charge in [-0.2, -0.15) is 5.26 Å². The van der Waals surface area contributed by atoms with Gasteiger partial charge in [-0.25, -0.2) is 0 Å². The van der Waals surface area contributed by atoms with Crippen molar-refractivity contribution in [3.63, 3.8) is 0 Å². The van der Waals surface area contributed by atoms with Gasteiger partial charge in [-0.15, -0.1) is 0 Å². The lowest BCUT2D eigenvalue weighted by molar-refractivity contribution is 0.518. The molecule has 1 aromatic heterocycles. The Labute approximate surface area is 102 Å². The van der Waals surface area contributed by atoms with Gasteiger partial charge in [-0.05, 0) is 30.3 Å². The highest BCUT2D eigenvalue weighted by Gasteiger charge is 2.03. The summed E-state index contributed by atoms with van der Waals surface area (Å²) in [6.45, 7) is 0.568. The highest BCUT2D eigenvalue weighted by Crippen LogP contribution is 2.21. The van der Waals surface area contributed by atoms with Crippen LogP contribution in [0.2, 0.25) is 0 Å². The first-order chi connectivity index (χ1) is 7.79. The topological polar surface area (TPSA) is 49.0 Å². The Morgan fingerprint density at radius 1 is 1.38 bits per heavy atom. The molecule has 1 aromatic carbocycles. The van der Waals surface area contributed by atoms with Crippen LogP contribution in [-0.2, 0) is 6.54 Å². The van der Waals surface area contributed by atoms with Crippen LogP contribution < -0.4 is 5.32 Å². The Morgan fingerprint density at radius 3 is 2.94 bits per heavy atom. The monoisotopic (exact) mass is 276 g/mol. The standard InChI is InChI=1S/C12H9BrN2O/c13-10-4-3-9(7-14)12(6-10)15-8-11-2-1-5-16-11/h1-6,15H,8H2. The van der Waals surface area contributed by atoms with Crippen LogP contribution in [0, 0.1) is 11.3 Å². The fourth-order valence-corrected chi connectivity index (χ4v) is 1.72. The Bertz CT molecular complexity index is 514. The smallest absolute Gasteiger partial charge is 0.122 e. The van der Waals surface area contributed by atoms with E-state index in [1.165, 1.54) is 0 Å². The lowest BCUT2D eigenvalue weighted by Gasteiger charge is -2.06. The minimum atomic E-state index is 0.568. The quantitative estimate of drug-likeness (QED) is 0.933. The molecule has 0 unspecified atom stereocenters. The molecule has 0 saturated carbocycles. The van der Waals surface area contributed by atoms with Gasteiger partial charge in [0.1, 0.15) is 11.8 Å². The van der Waals surface area contributed by atoms with Crippen molar-refractivity contribution >= 4 is 21.6 Å². The maximum atomic E-state index is 8.94. The van der Waals surface area contributed by atoms with Crippen molar-refractivity contribution in [1.29, 1.82) is 5.26 Å². The number of rotatable bonds is 3. The van der Waals surface area contributed by atoms with Crippen LogP contribution in [0.5, 0.6) is 0 Å². The van der Waals surface area contributed by atoms with Gasteiger partial charge in [-0.1, -0.05) is 15.9 Å². The SMILES string of the molecule is N#Cc1ccc(Br)cc1NCc1ccco1. The molecular formula is C12H9BrN2O. The fourth-order valence-electron chi connectivity index (χ4n) is 1.36. The van der Waals surface area contributed by atoms with Gasteiger partial charge in [0.25, 0.3) is 0 Å². The Balaban J connectivity index is 2.15. The minimum absolute atomic E-state index is 0.568. The van der Waals surface area contributed by atoms with Crippen LogP contribution in [0.15, 0.2) is 45.5 Å². The number of hydrogen-bond acceptors (Lipinski definition) is 3. The molecule has 1 heterocycles. The first-order valence-electron chi connectivity index (χ1n) is 4.75. The fraction of sp³-hybridized carbons (Fsp3) is 0.0833. The summed E-state index contributed by atoms with van der Waals surface area (Å²) in [4.78, 5) is 0. The largest absolute Gasteiger partial charge is 0.467 e. The second kappa shape index (κ2) is 4.86. The van der Waals surface area contributed by atoms with Crippen LogP contribution >= 0.6 is 15.9 Å². The molecule has 0 radical (unpaired) electrons. The molecule has 0 aliphatic rings.